The number of nitrogens with one attached hydrogen (secondary N) is 1. The lowest BCUT2D eigenvalue weighted by atomic mass is 9.90. The van der Waals surface area contributed by atoms with Crippen LogP contribution in [0.1, 0.15) is 26.3 Å². The molecule has 0 spiro atoms. The summed E-state index contributed by atoms with van der Waals surface area (Å²) in [6.07, 6.45) is -0.162. The Hall–Kier alpha value is -3.63. The number of hydrogen-bond donors (Lipinski definition) is 3. The Morgan fingerprint density at radius 3 is 1.72 bits per heavy atom. The van der Waals surface area contributed by atoms with Crippen molar-refractivity contribution in [1.29, 1.82) is 0 Å². The molecule has 0 unspecified atom stereocenters. The third kappa shape index (κ3) is 7.69. The van der Waals surface area contributed by atoms with Crippen LogP contribution < -0.4 is 15.0 Å². The fourth-order valence-electron chi connectivity index (χ4n) is 3.64. The molecule has 2 rings (SSSR count). The Balaban J connectivity index is 2.21. The smallest absolute Gasteiger partial charge is 0.344 e. The minimum absolute atomic E-state index is 0.0276. The van der Waals surface area contributed by atoms with E-state index >= 15 is 0 Å². The largest absolute Gasteiger partial charge is 0.464 e. The second-order valence-electron chi connectivity index (χ2n) is 7.88. The van der Waals surface area contributed by atoms with Crippen molar-refractivity contribution in [3.8, 4) is 11.5 Å². The molecule has 0 aromatic heterocycles. The second kappa shape index (κ2) is 14.1. The molecule has 0 bridgehead atoms. The zero-order chi connectivity index (χ0) is 26.6. The number of hydrogen-bond acceptors (Lipinski definition) is 9. The standard InChI is InChI=1S/C26H34N2O8/c1-4-34-24(32)26(27-19(3)31,25(33)35-5-2)18-20-6-10-22(11-7-20)36-23-12-8-21(9-13-23)28(14-16-29)15-17-30/h6-13,29-30H,4-5,14-18H2,1-3H3,(H,27,31). The summed E-state index contributed by atoms with van der Waals surface area (Å²) in [5.41, 5.74) is -0.588. The quantitative estimate of drug-likeness (QED) is 0.261. The maximum Gasteiger partial charge on any atom is 0.344 e. The molecule has 10 nitrogen and oxygen atoms in total. The first-order valence-corrected chi connectivity index (χ1v) is 11.8. The Morgan fingerprint density at radius 2 is 1.31 bits per heavy atom. The molecule has 0 aliphatic heterocycles. The van der Waals surface area contributed by atoms with Crippen molar-refractivity contribution in [2.45, 2.75) is 32.7 Å². The molecule has 2 aromatic rings. The number of aliphatic hydroxyl groups excluding tert-OH is 2. The van der Waals surface area contributed by atoms with Gasteiger partial charge in [0.25, 0.3) is 0 Å². The van der Waals surface area contributed by atoms with E-state index in [-0.39, 0.29) is 32.8 Å². The summed E-state index contributed by atoms with van der Waals surface area (Å²) in [6, 6.07) is 13.9. The maximum atomic E-state index is 12.8. The maximum absolute atomic E-state index is 12.8. The van der Waals surface area contributed by atoms with Gasteiger partial charge in [0.2, 0.25) is 11.4 Å². The molecule has 0 atom stereocenters. The number of ether oxygens (including phenoxy) is 3. The minimum atomic E-state index is -2.01. The normalized spacial score (nSPS) is 10.9. The highest BCUT2D eigenvalue weighted by Crippen LogP contribution is 2.26. The fraction of sp³-hybridized carbons (Fsp3) is 0.423. The van der Waals surface area contributed by atoms with E-state index in [0.29, 0.717) is 30.2 Å². The molecular formula is C26H34N2O8. The molecule has 2 aromatic carbocycles. The van der Waals surface area contributed by atoms with Crippen LogP contribution in [0.4, 0.5) is 5.69 Å². The van der Waals surface area contributed by atoms with Gasteiger partial charge < -0.3 is 34.6 Å². The summed E-state index contributed by atoms with van der Waals surface area (Å²) in [7, 11) is 0. The first-order chi connectivity index (χ1) is 17.3. The van der Waals surface area contributed by atoms with Crippen molar-refractivity contribution in [2.75, 3.05) is 44.4 Å². The molecule has 3 N–H and O–H groups in total. The number of nitrogens with zero attached hydrogens (tertiary/aromatic N) is 1. The lowest BCUT2D eigenvalue weighted by molar-refractivity contribution is -0.168. The number of aliphatic hydroxyl groups is 2. The fourth-order valence-corrected chi connectivity index (χ4v) is 3.64. The summed E-state index contributed by atoms with van der Waals surface area (Å²) in [4.78, 5) is 39.3. The average Bonchev–Trinajstić information content (AvgIpc) is 2.85. The van der Waals surface area contributed by atoms with E-state index in [1.807, 2.05) is 17.0 Å². The third-order valence-corrected chi connectivity index (χ3v) is 5.21. The summed E-state index contributed by atoms with van der Waals surface area (Å²) in [5, 5.41) is 20.9. The Morgan fingerprint density at radius 1 is 0.833 bits per heavy atom. The molecule has 0 aliphatic carbocycles. The molecule has 196 valence electrons. The van der Waals surface area contributed by atoms with E-state index in [4.69, 9.17) is 14.2 Å². The van der Waals surface area contributed by atoms with Gasteiger partial charge in [-0.15, -0.1) is 0 Å². The van der Waals surface area contributed by atoms with Crippen LogP contribution in [0.2, 0.25) is 0 Å². The highest BCUT2D eigenvalue weighted by Gasteiger charge is 2.50. The van der Waals surface area contributed by atoms with Crippen LogP contribution in [0.15, 0.2) is 48.5 Å². The molecule has 0 radical (unpaired) electrons. The van der Waals surface area contributed by atoms with Gasteiger partial charge in [0.05, 0.1) is 26.4 Å². The van der Waals surface area contributed by atoms with Crippen molar-refractivity contribution in [3.05, 3.63) is 54.1 Å². The Labute approximate surface area is 210 Å². The summed E-state index contributed by atoms with van der Waals surface area (Å²) < 4.78 is 16.1. The van der Waals surface area contributed by atoms with Gasteiger partial charge in [-0.25, -0.2) is 9.59 Å². The van der Waals surface area contributed by atoms with Crippen LogP contribution in [0.3, 0.4) is 0 Å². The molecule has 0 saturated heterocycles. The summed E-state index contributed by atoms with van der Waals surface area (Å²) in [5.74, 6) is -1.27. The van der Waals surface area contributed by atoms with E-state index in [1.54, 1.807) is 50.2 Å². The van der Waals surface area contributed by atoms with Crippen molar-refractivity contribution >= 4 is 23.5 Å². The molecule has 36 heavy (non-hydrogen) atoms. The molecule has 0 aliphatic rings. The molecule has 0 saturated carbocycles. The number of amides is 1. The number of benzene rings is 2. The van der Waals surface area contributed by atoms with E-state index in [9.17, 15) is 24.6 Å². The van der Waals surface area contributed by atoms with Gasteiger partial charge in [-0.05, 0) is 55.8 Å². The number of carbonyl (C=O) groups excluding carboxylic acids is 3. The molecule has 10 heteroatoms. The minimum Gasteiger partial charge on any atom is -0.464 e. The number of anilines is 1. The second-order valence-corrected chi connectivity index (χ2v) is 7.88. The highest BCUT2D eigenvalue weighted by molar-refractivity contribution is 6.08. The Kier molecular flexibility index (Phi) is 11.2. The lowest BCUT2D eigenvalue weighted by Crippen LogP contribution is -2.62. The van der Waals surface area contributed by atoms with Gasteiger partial charge >= 0.3 is 11.9 Å². The van der Waals surface area contributed by atoms with E-state index in [1.165, 1.54) is 6.92 Å². The van der Waals surface area contributed by atoms with Gasteiger partial charge in [0, 0.05) is 32.1 Å². The van der Waals surface area contributed by atoms with E-state index < -0.39 is 23.4 Å². The molecule has 1 amide bonds. The number of rotatable bonds is 14. The van der Waals surface area contributed by atoms with Gasteiger partial charge in [-0.2, -0.15) is 0 Å². The van der Waals surface area contributed by atoms with Crippen LogP contribution in [0, 0.1) is 0 Å². The van der Waals surface area contributed by atoms with Crippen LogP contribution in [0.25, 0.3) is 0 Å². The first-order valence-electron chi connectivity index (χ1n) is 11.8. The van der Waals surface area contributed by atoms with Crippen molar-refractivity contribution < 1.29 is 38.8 Å². The zero-order valence-electron chi connectivity index (χ0n) is 20.9. The SMILES string of the molecule is CCOC(=O)C(Cc1ccc(Oc2ccc(N(CCO)CCO)cc2)cc1)(NC(C)=O)C(=O)OCC. The predicted molar refractivity (Wildman–Crippen MR) is 133 cm³/mol. The van der Waals surface area contributed by atoms with Gasteiger partial charge in [0.15, 0.2) is 0 Å². The molecule has 0 heterocycles. The third-order valence-electron chi connectivity index (χ3n) is 5.21. The summed E-state index contributed by atoms with van der Waals surface area (Å²) in [6.45, 7) is 5.24. The first kappa shape index (κ1) is 28.6. The van der Waals surface area contributed by atoms with E-state index in [0.717, 1.165) is 5.69 Å². The molecule has 0 fully saturated rings. The monoisotopic (exact) mass is 502 g/mol. The van der Waals surface area contributed by atoms with Gasteiger partial charge in [0.1, 0.15) is 11.5 Å². The van der Waals surface area contributed by atoms with Crippen LogP contribution >= 0.6 is 0 Å². The van der Waals surface area contributed by atoms with Crippen LogP contribution in [-0.2, 0) is 30.3 Å². The predicted octanol–water partition coefficient (Wildman–Crippen LogP) is 1.81. The van der Waals surface area contributed by atoms with Crippen molar-refractivity contribution in [3.63, 3.8) is 0 Å². The van der Waals surface area contributed by atoms with E-state index in [2.05, 4.69) is 5.32 Å². The lowest BCUT2D eigenvalue weighted by Gasteiger charge is -2.29. The summed E-state index contributed by atoms with van der Waals surface area (Å²) >= 11 is 0. The van der Waals surface area contributed by atoms with Gasteiger partial charge in [-0.3, -0.25) is 4.79 Å². The van der Waals surface area contributed by atoms with Gasteiger partial charge in [-0.1, -0.05) is 12.1 Å². The Bertz CT molecular complexity index is 968. The zero-order valence-corrected chi connectivity index (χ0v) is 20.9. The average molecular weight is 503 g/mol. The van der Waals surface area contributed by atoms with Crippen molar-refractivity contribution in [1.82, 2.24) is 5.32 Å². The molecular weight excluding hydrogens is 468 g/mol. The number of esters is 2. The topological polar surface area (TPSA) is 135 Å². The number of carbonyl (C=O) groups is 3. The van der Waals surface area contributed by atoms with Crippen LogP contribution in [0.5, 0.6) is 11.5 Å². The van der Waals surface area contributed by atoms with Crippen LogP contribution in [-0.4, -0.2) is 73.1 Å². The van der Waals surface area contributed by atoms with Crippen molar-refractivity contribution in [2.24, 2.45) is 0 Å². The highest BCUT2D eigenvalue weighted by atomic mass is 16.6.